The van der Waals surface area contributed by atoms with Gasteiger partial charge in [-0.25, -0.2) is 39.8 Å². The molecule has 3 N–H and O–H groups in total. The van der Waals surface area contributed by atoms with E-state index >= 15 is 0 Å². The van der Waals surface area contributed by atoms with Crippen LogP contribution in [0.3, 0.4) is 0 Å². The molecule has 0 radical (unpaired) electrons. The Hall–Kier alpha value is -2.21. The van der Waals surface area contributed by atoms with Crippen molar-refractivity contribution in [2.24, 2.45) is 0 Å². The van der Waals surface area contributed by atoms with Crippen molar-refractivity contribution in [2.45, 2.75) is 9.79 Å². The van der Waals surface area contributed by atoms with Crippen LogP contribution < -0.4 is 9.44 Å². The third-order valence-corrected chi connectivity index (χ3v) is 6.34. The highest BCUT2D eigenvalue weighted by atomic mass is 32.3. The van der Waals surface area contributed by atoms with Crippen LogP contribution in [0.1, 0.15) is 0 Å². The number of rotatable bonds is 11. The molecule has 174 valence electrons. The van der Waals surface area contributed by atoms with Crippen molar-refractivity contribution in [3.8, 4) is 0 Å². The Morgan fingerprint density at radius 2 is 1.68 bits per heavy atom. The maximum Gasteiger partial charge on any atom is 0.407 e. The molecule has 1 amide bonds. The van der Waals surface area contributed by atoms with Crippen molar-refractivity contribution in [1.29, 1.82) is 0 Å². The lowest BCUT2D eigenvalue weighted by atomic mass is 10.3. The largest absolute Gasteiger partial charge is 0.461 e. The van der Waals surface area contributed by atoms with Crippen molar-refractivity contribution >= 4 is 45.1 Å². The molecular weight excluding hydrogens is 496 g/mol. The van der Waals surface area contributed by atoms with Crippen molar-refractivity contribution in [3.05, 3.63) is 35.9 Å². The first-order valence-corrected chi connectivity index (χ1v) is 11.3. The summed E-state index contributed by atoms with van der Waals surface area (Å²) in [5.41, 5.74) is 0. The molecule has 0 spiro atoms. The van der Waals surface area contributed by atoms with Gasteiger partial charge in [0.05, 0.1) is 11.4 Å². The van der Waals surface area contributed by atoms with Gasteiger partial charge >= 0.3 is 12.1 Å². The molecule has 0 bridgehead atoms. The van der Waals surface area contributed by atoms with Gasteiger partial charge in [0.15, 0.2) is 28.2 Å². The molecule has 10 nitrogen and oxygen atoms in total. The number of amides is 1. The van der Waals surface area contributed by atoms with Crippen LogP contribution in [0.25, 0.3) is 0 Å². The summed E-state index contributed by atoms with van der Waals surface area (Å²) in [5.74, 6) is -9.87. The Bertz CT molecular complexity index is 961. The topological polar surface area (TPSA) is 148 Å². The number of hydrogen-bond donors (Lipinski definition) is 3. The average Bonchev–Trinajstić information content (AvgIpc) is 2.67. The van der Waals surface area contributed by atoms with Gasteiger partial charge in [0.1, 0.15) is 13.2 Å². The normalized spacial score (nSPS) is 12.2. The van der Waals surface area contributed by atoms with Crippen LogP contribution in [-0.2, 0) is 35.6 Å². The number of thioether (sulfide) groups is 1. The summed E-state index contributed by atoms with van der Waals surface area (Å²) in [7, 11) is -5.39. The Morgan fingerprint density at radius 3 is 2.19 bits per heavy atom. The third-order valence-electron chi connectivity index (χ3n) is 2.98. The predicted molar refractivity (Wildman–Crippen MR) is 98.6 cm³/mol. The summed E-state index contributed by atoms with van der Waals surface area (Å²) in [6.45, 7) is 2.38. The highest BCUT2D eigenvalue weighted by molar-refractivity contribution is 8.00. The molecule has 0 aliphatic rings. The van der Waals surface area contributed by atoms with E-state index in [1.54, 1.807) is 0 Å². The molecule has 0 aliphatic carbocycles. The van der Waals surface area contributed by atoms with Crippen molar-refractivity contribution in [1.82, 2.24) is 9.44 Å². The zero-order valence-electron chi connectivity index (χ0n) is 15.2. The number of sulfonamides is 1. The van der Waals surface area contributed by atoms with E-state index in [-0.39, 0.29) is 24.9 Å². The minimum absolute atomic E-state index is 0.117. The standard InChI is InChI=1S/C14H14F4N2O8S3/c1-2-7(21)27-4-3-19-14(22)28-5-6-29-12-8(15)10(17)13(11(18)9(12)16)31(25,26)20-30(23)24/h2,20H,1,3-6H2,(H,19,22)(H,23,24). The fraction of sp³-hybridized carbons (Fsp3) is 0.286. The predicted octanol–water partition coefficient (Wildman–Crippen LogP) is 1.21. The van der Waals surface area contributed by atoms with E-state index in [1.165, 1.54) is 0 Å². The number of ether oxygens (including phenoxy) is 2. The van der Waals surface area contributed by atoms with Gasteiger partial charge < -0.3 is 14.8 Å². The molecular formula is C14H14F4N2O8S3. The Balaban J connectivity index is 2.73. The summed E-state index contributed by atoms with van der Waals surface area (Å²) in [6, 6.07) is 0. The van der Waals surface area contributed by atoms with Crippen LogP contribution in [0.2, 0.25) is 0 Å². The third kappa shape index (κ3) is 7.76. The maximum absolute atomic E-state index is 14.1. The van der Waals surface area contributed by atoms with Crippen LogP contribution >= 0.6 is 11.8 Å². The number of carbonyl (C=O) groups is 2. The van der Waals surface area contributed by atoms with E-state index in [4.69, 9.17) is 4.55 Å². The second kappa shape index (κ2) is 12.0. The zero-order chi connectivity index (χ0) is 23.8. The monoisotopic (exact) mass is 510 g/mol. The van der Waals surface area contributed by atoms with Gasteiger partial charge in [-0.05, 0) is 0 Å². The molecule has 1 unspecified atom stereocenters. The van der Waals surface area contributed by atoms with Crippen LogP contribution in [0.4, 0.5) is 22.4 Å². The molecule has 1 aromatic carbocycles. The lowest BCUT2D eigenvalue weighted by Gasteiger charge is -2.12. The molecule has 0 heterocycles. The Morgan fingerprint density at radius 1 is 1.10 bits per heavy atom. The summed E-state index contributed by atoms with van der Waals surface area (Å²) < 4.78 is 108. The van der Waals surface area contributed by atoms with E-state index in [0.717, 1.165) is 10.2 Å². The second-order valence-corrected chi connectivity index (χ2v) is 8.72. The van der Waals surface area contributed by atoms with Crippen molar-refractivity contribution in [2.75, 3.05) is 25.5 Å². The van der Waals surface area contributed by atoms with Crippen LogP contribution in [-0.4, -0.2) is 54.8 Å². The van der Waals surface area contributed by atoms with Gasteiger partial charge in [-0.3, -0.25) is 4.55 Å². The van der Waals surface area contributed by atoms with Gasteiger partial charge in [-0.15, -0.1) is 15.9 Å². The summed E-state index contributed by atoms with van der Waals surface area (Å²) in [6.07, 6.45) is -0.0797. The summed E-state index contributed by atoms with van der Waals surface area (Å²) >= 11 is -3.12. The minimum atomic E-state index is -5.39. The molecule has 1 aromatic rings. The average molecular weight is 510 g/mol. The molecule has 31 heavy (non-hydrogen) atoms. The number of esters is 1. The summed E-state index contributed by atoms with van der Waals surface area (Å²) in [5, 5.41) is 2.17. The molecule has 0 fully saturated rings. The zero-order valence-corrected chi connectivity index (χ0v) is 17.6. The van der Waals surface area contributed by atoms with Crippen LogP contribution in [0.15, 0.2) is 22.4 Å². The molecule has 0 saturated carbocycles. The number of halogens is 4. The number of nitrogens with one attached hydrogen (secondary N) is 2. The molecule has 1 atom stereocenters. The van der Waals surface area contributed by atoms with Gasteiger partial charge in [-0.2, -0.15) is 0 Å². The molecule has 1 rings (SSSR count). The first-order valence-electron chi connectivity index (χ1n) is 7.74. The first-order chi connectivity index (χ1) is 14.4. The lowest BCUT2D eigenvalue weighted by Crippen LogP contribution is -2.29. The first kappa shape index (κ1) is 26.8. The molecule has 0 aromatic heterocycles. The van der Waals surface area contributed by atoms with E-state index in [9.17, 15) is 39.8 Å². The van der Waals surface area contributed by atoms with Gasteiger partial charge in [-0.1, -0.05) is 6.58 Å². The molecule has 0 saturated heterocycles. The Labute approximate surface area is 179 Å². The fourth-order valence-corrected chi connectivity index (χ4v) is 4.32. The smallest absolute Gasteiger partial charge is 0.407 e. The quantitative estimate of drug-likeness (QED) is 0.0760. The fourth-order valence-electron chi connectivity index (χ4n) is 1.78. The van der Waals surface area contributed by atoms with Gasteiger partial charge in [0.2, 0.25) is 11.3 Å². The van der Waals surface area contributed by atoms with E-state index < -0.39 is 78.8 Å². The van der Waals surface area contributed by atoms with Gasteiger partial charge in [0, 0.05) is 11.8 Å². The highest BCUT2D eigenvalue weighted by Gasteiger charge is 2.34. The molecule has 0 aliphatic heterocycles. The van der Waals surface area contributed by atoms with Crippen LogP contribution in [0.5, 0.6) is 0 Å². The summed E-state index contributed by atoms with van der Waals surface area (Å²) in [4.78, 5) is 18.8. The SMILES string of the molecule is C=CC(=O)OCCNC(=O)OCCSc1c(F)c(F)c(S(=O)(=O)NS(=O)O)c(F)c1F. The van der Waals surface area contributed by atoms with Crippen LogP contribution in [0, 0.1) is 23.3 Å². The molecule has 17 heteroatoms. The lowest BCUT2D eigenvalue weighted by molar-refractivity contribution is -0.137. The highest BCUT2D eigenvalue weighted by Crippen LogP contribution is 2.33. The number of benzene rings is 1. The van der Waals surface area contributed by atoms with Gasteiger partial charge in [0.25, 0.3) is 10.0 Å². The van der Waals surface area contributed by atoms with E-state index in [2.05, 4.69) is 21.4 Å². The number of alkyl carbamates (subject to hydrolysis) is 1. The number of carbonyl (C=O) groups excluding carboxylic acids is 2. The Kier molecular flexibility index (Phi) is 10.4. The van der Waals surface area contributed by atoms with Crippen molar-refractivity contribution in [3.63, 3.8) is 0 Å². The second-order valence-electron chi connectivity index (χ2n) is 5.03. The van der Waals surface area contributed by atoms with Crippen molar-refractivity contribution < 1.29 is 53.8 Å². The van der Waals surface area contributed by atoms with E-state index in [1.807, 2.05) is 0 Å². The number of hydrogen-bond acceptors (Lipinski definition) is 8. The minimum Gasteiger partial charge on any atom is -0.461 e. The maximum atomic E-state index is 14.1. The van der Waals surface area contributed by atoms with E-state index in [0.29, 0.717) is 0 Å².